The highest BCUT2D eigenvalue weighted by Crippen LogP contribution is 2.50. The lowest BCUT2D eigenvalue weighted by atomic mass is 9.70. The summed E-state index contributed by atoms with van der Waals surface area (Å²) >= 11 is 18.0. The molecule has 2 aliphatic rings. The van der Waals surface area contributed by atoms with Crippen LogP contribution < -0.4 is 9.47 Å². The molecule has 26 heavy (non-hydrogen) atoms. The molecular formula is C17H18Cl3NO5. The van der Waals surface area contributed by atoms with E-state index in [2.05, 4.69) is 0 Å². The van der Waals surface area contributed by atoms with Gasteiger partial charge >= 0.3 is 0 Å². The fourth-order valence-corrected chi connectivity index (χ4v) is 4.47. The van der Waals surface area contributed by atoms with Crippen LogP contribution in [0.15, 0.2) is 18.2 Å². The van der Waals surface area contributed by atoms with E-state index in [1.807, 2.05) is 0 Å². The van der Waals surface area contributed by atoms with Crippen molar-refractivity contribution in [2.45, 2.75) is 47.5 Å². The Morgan fingerprint density at radius 1 is 1.31 bits per heavy atom. The van der Waals surface area contributed by atoms with Gasteiger partial charge in [0, 0.05) is 22.8 Å². The topological polar surface area (TPSA) is 78.7 Å². The van der Waals surface area contributed by atoms with Crippen molar-refractivity contribution < 1.29 is 19.2 Å². The van der Waals surface area contributed by atoms with Crippen molar-refractivity contribution in [2.75, 3.05) is 7.11 Å². The second-order valence-electron chi connectivity index (χ2n) is 6.60. The van der Waals surface area contributed by atoms with Gasteiger partial charge in [-0.2, -0.15) is 0 Å². The van der Waals surface area contributed by atoms with Crippen LogP contribution in [0.3, 0.4) is 0 Å². The molecule has 1 fully saturated rings. The Labute approximate surface area is 165 Å². The van der Waals surface area contributed by atoms with E-state index in [-0.39, 0.29) is 5.78 Å². The van der Waals surface area contributed by atoms with Crippen molar-refractivity contribution in [1.29, 1.82) is 0 Å². The Balaban J connectivity index is 2.17. The van der Waals surface area contributed by atoms with E-state index >= 15 is 0 Å². The summed E-state index contributed by atoms with van der Waals surface area (Å²) in [5.74, 6) is -0.341. The third kappa shape index (κ3) is 3.59. The zero-order valence-corrected chi connectivity index (χ0v) is 16.3. The number of hydrogen-bond donors (Lipinski definition) is 0. The number of carbonyl (C=O) groups excluding carboxylic acids is 1. The molecule has 0 saturated heterocycles. The normalized spacial score (nSPS) is 28.8. The summed E-state index contributed by atoms with van der Waals surface area (Å²) in [5.41, 5.74) is 0.553. The molecule has 4 atom stereocenters. The van der Waals surface area contributed by atoms with Crippen molar-refractivity contribution in [2.24, 2.45) is 5.92 Å². The first kappa shape index (κ1) is 19.5. The first-order chi connectivity index (χ1) is 12.2. The van der Waals surface area contributed by atoms with Crippen LogP contribution in [0.25, 0.3) is 0 Å². The van der Waals surface area contributed by atoms with Gasteiger partial charge in [0.25, 0.3) is 6.04 Å². The molecule has 0 spiro atoms. The van der Waals surface area contributed by atoms with Crippen LogP contribution in [0.1, 0.15) is 37.2 Å². The highest BCUT2D eigenvalue weighted by atomic mass is 35.6. The molecular weight excluding hydrogens is 405 g/mol. The van der Waals surface area contributed by atoms with Crippen molar-refractivity contribution in [3.63, 3.8) is 0 Å². The number of fused-ring (bicyclic) bond motifs is 1. The summed E-state index contributed by atoms with van der Waals surface area (Å²) in [7, 11) is 1.50. The molecule has 142 valence electrons. The number of nitrogens with zero attached hydrogens (tertiary/aromatic N) is 1. The molecule has 1 heterocycles. The molecule has 0 radical (unpaired) electrons. The Kier molecular flexibility index (Phi) is 5.56. The molecule has 0 unspecified atom stereocenters. The quantitative estimate of drug-likeness (QED) is 0.412. The van der Waals surface area contributed by atoms with Gasteiger partial charge in [0.2, 0.25) is 9.90 Å². The highest BCUT2D eigenvalue weighted by molar-refractivity contribution is 6.68. The Morgan fingerprint density at radius 2 is 2.04 bits per heavy atom. The maximum atomic E-state index is 12.6. The number of nitro groups is 1. The molecule has 0 bridgehead atoms. The molecule has 6 nitrogen and oxygen atoms in total. The average Bonchev–Trinajstić information content (AvgIpc) is 2.59. The van der Waals surface area contributed by atoms with Gasteiger partial charge in [-0.3, -0.25) is 14.9 Å². The number of rotatable bonds is 3. The number of hydrogen-bond acceptors (Lipinski definition) is 5. The second-order valence-corrected chi connectivity index (χ2v) is 8.97. The number of Topliss-reactive ketones (excluding diaryl/α,β-unsaturated/α-hetero) is 1. The second kappa shape index (κ2) is 7.41. The van der Waals surface area contributed by atoms with Crippen LogP contribution in [-0.4, -0.2) is 33.8 Å². The minimum absolute atomic E-state index is 0.00633. The van der Waals surface area contributed by atoms with Gasteiger partial charge in [-0.1, -0.05) is 41.2 Å². The monoisotopic (exact) mass is 421 g/mol. The molecule has 0 N–H and O–H groups in total. The zero-order chi connectivity index (χ0) is 19.1. The van der Waals surface area contributed by atoms with Gasteiger partial charge in [-0.15, -0.1) is 0 Å². The van der Waals surface area contributed by atoms with E-state index in [9.17, 15) is 14.9 Å². The minimum atomic E-state index is -2.01. The van der Waals surface area contributed by atoms with E-state index in [0.29, 0.717) is 29.9 Å². The Bertz CT molecular complexity index is 721. The van der Waals surface area contributed by atoms with Crippen molar-refractivity contribution in [3.8, 4) is 11.5 Å². The van der Waals surface area contributed by atoms with Crippen molar-refractivity contribution in [1.82, 2.24) is 0 Å². The standard InChI is InChI=1S/C17H18Cl3NO5/c1-25-9-6-7-13-11(8-9)14(10-4-2-3-5-12(10)22)15(21(23)24)16(26-13)17(18,19)20/h6-8,10,14-16H,2-5H2,1H3/t10-,14-,15-,16-/m0/s1. The minimum Gasteiger partial charge on any atom is -0.497 e. The third-order valence-corrected chi connectivity index (χ3v) is 5.75. The first-order valence-electron chi connectivity index (χ1n) is 8.31. The number of benzene rings is 1. The summed E-state index contributed by atoms with van der Waals surface area (Å²) in [6, 6.07) is 3.62. The molecule has 1 aliphatic heterocycles. The van der Waals surface area contributed by atoms with Gasteiger partial charge in [-0.05, 0) is 31.0 Å². The largest absolute Gasteiger partial charge is 0.497 e. The summed E-state index contributed by atoms with van der Waals surface area (Å²) in [4.78, 5) is 24.0. The van der Waals surface area contributed by atoms with Crippen LogP contribution >= 0.6 is 34.8 Å². The molecule has 1 aromatic carbocycles. The third-order valence-electron chi connectivity index (χ3n) is 5.11. The molecule has 1 aromatic rings. The van der Waals surface area contributed by atoms with Gasteiger partial charge in [0.1, 0.15) is 17.3 Å². The van der Waals surface area contributed by atoms with Crippen LogP contribution in [0.2, 0.25) is 0 Å². The van der Waals surface area contributed by atoms with Gasteiger partial charge in [-0.25, -0.2) is 0 Å². The predicted molar refractivity (Wildman–Crippen MR) is 98.2 cm³/mol. The number of alkyl halides is 3. The number of ketones is 1. The lowest BCUT2D eigenvalue weighted by Crippen LogP contribution is -2.54. The number of halogens is 3. The SMILES string of the molecule is COc1ccc2c(c1)[C@H]([C@H]1CCCCC1=O)[C@H]([N+](=O)[O-])[C@@H](C(Cl)(Cl)Cl)O2. The van der Waals surface area contributed by atoms with Gasteiger partial charge < -0.3 is 9.47 Å². The molecule has 0 amide bonds. The Morgan fingerprint density at radius 3 is 2.62 bits per heavy atom. The summed E-state index contributed by atoms with van der Waals surface area (Å²) in [6.07, 6.45) is 1.29. The highest BCUT2D eigenvalue weighted by Gasteiger charge is 2.58. The molecule has 3 rings (SSSR count). The van der Waals surface area contributed by atoms with Crippen LogP contribution in [-0.2, 0) is 4.79 Å². The Hall–Kier alpha value is -1.24. The number of ether oxygens (including phenoxy) is 2. The van der Waals surface area contributed by atoms with Crippen molar-refractivity contribution in [3.05, 3.63) is 33.9 Å². The molecule has 1 aliphatic carbocycles. The molecule has 9 heteroatoms. The summed E-state index contributed by atoms with van der Waals surface area (Å²) in [5, 5.41) is 11.9. The van der Waals surface area contributed by atoms with E-state index in [0.717, 1.165) is 12.8 Å². The fourth-order valence-electron chi connectivity index (χ4n) is 3.95. The van der Waals surface area contributed by atoms with Crippen LogP contribution in [0.4, 0.5) is 0 Å². The average molecular weight is 423 g/mol. The summed E-state index contributed by atoms with van der Waals surface area (Å²) in [6.45, 7) is 0. The molecule has 0 aromatic heterocycles. The van der Waals surface area contributed by atoms with E-state index in [4.69, 9.17) is 44.3 Å². The predicted octanol–water partition coefficient (Wildman–Crippen LogP) is 4.31. The van der Waals surface area contributed by atoms with Gasteiger partial charge in [0.15, 0.2) is 0 Å². The maximum Gasteiger partial charge on any atom is 0.261 e. The maximum absolute atomic E-state index is 12.6. The number of carbonyl (C=O) groups is 1. The van der Waals surface area contributed by atoms with E-state index < -0.39 is 32.7 Å². The van der Waals surface area contributed by atoms with Crippen molar-refractivity contribution >= 4 is 40.6 Å². The van der Waals surface area contributed by atoms with Crippen LogP contribution in [0.5, 0.6) is 11.5 Å². The lowest BCUT2D eigenvalue weighted by Gasteiger charge is -2.40. The zero-order valence-electron chi connectivity index (χ0n) is 14.0. The lowest BCUT2D eigenvalue weighted by molar-refractivity contribution is -0.540. The van der Waals surface area contributed by atoms with E-state index in [1.54, 1.807) is 18.2 Å². The van der Waals surface area contributed by atoms with Crippen LogP contribution in [0, 0.1) is 16.0 Å². The number of methoxy groups -OCH3 is 1. The van der Waals surface area contributed by atoms with E-state index in [1.165, 1.54) is 7.11 Å². The van der Waals surface area contributed by atoms with Gasteiger partial charge in [0.05, 0.1) is 13.0 Å². The molecule has 1 saturated carbocycles. The first-order valence-corrected chi connectivity index (χ1v) is 9.45. The summed E-state index contributed by atoms with van der Waals surface area (Å²) < 4.78 is 8.96. The smallest absolute Gasteiger partial charge is 0.261 e. The fraction of sp³-hybridized carbons (Fsp3) is 0.588.